The predicted molar refractivity (Wildman–Crippen MR) is 112 cm³/mol. The van der Waals surface area contributed by atoms with Crippen molar-refractivity contribution >= 4 is 17.7 Å². The van der Waals surface area contributed by atoms with Crippen molar-refractivity contribution in [1.29, 1.82) is 0 Å². The van der Waals surface area contributed by atoms with E-state index in [1.54, 1.807) is 0 Å². The number of rotatable bonds is 8. The number of hydrogen-bond donors (Lipinski definition) is 1. The molecule has 2 N–H and O–H groups in total. The van der Waals surface area contributed by atoms with Gasteiger partial charge >= 0.3 is 0 Å². The first-order chi connectivity index (χ1) is 14.0. The fraction of sp³-hybridized carbons (Fsp3) is 0.864. The molecule has 0 spiro atoms. The summed E-state index contributed by atoms with van der Waals surface area (Å²) in [6.07, 6.45) is 11.2. The van der Waals surface area contributed by atoms with Gasteiger partial charge in [0.15, 0.2) is 0 Å². The van der Waals surface area contributed by atoms with Crippen LogP contribution in [0.1, 0.15) is 64.2 Å². The van der Waals surface area contributed by atoms with E-state index in [9.17, 15) is 14.4 Å². The van der Waals surface area contributed by atoms with Crippen molar-refractivity contribution in [3.8, 4) is 0 Å². The number of carbonyl (C=O) groups excluding carboxylic acids is 3. The van der Waals surface area contributed by atoms with Gasteiger partial charge in [0.1, 0.15) is 0 Å². The van der Waals surface area contributed by atoms with E-state index in [-0.39, 0.29) is 36.7 Å². The summed E-state index contributed by atoms with van der Waals surface area (Å²) in [5, 5.41) is 0. The molecule has 1 saturated carbocycles. The Labute approximate surface area is 174 Å². The summed E-state index contributed by atoms with van der Waals surface area (Å²) in [4.78, 5) is 42.6. The predicted octanol–water partition coefficient (Wildman–Crippen LogP) is 1.61. The van der Waals surface area contributed by atoms with Gasteiger partial charge in [-0.2, -0.15) is 0 Å². The molecule has 164 valence electrons. The first kappa shape index (κ1) is 22.1. The molecule has 1 aliphatic carbocycles. The molecule has 0 aromatic rings. The highest BCUT2D eigenvalue weighted by Gasteiger charge is 2.31. The van der Waals surface area contributed by atoms with Gasteiger partial charge in [-0.3, -0.25) is 19.3 Å². The standard InChI is InChI=1S/C22H38N4O3/c23-20(27)16-24(13-8-18-6-2-1-3-7-18)17-21(28)25-14-9-19(10-15-25)22(29)26-11-4-5-12-26/h18-19H,1-17H2,(H2,23,27). The van der Waals surface area contributed by atoms with Gasteiger partial charge in [0.05, 0.1) is 13.1 Å². The molecule has 2 heterocycles. The van der Waals surface area contributed by atoms with Crippen LogP contribution in [0.25, 0.3) is 0 Å². The number of amides is 3. The van der Waals surface area contributed by atoms with Crippen molar-refractivity contribution in [2.45, 2.75) is 64.2 Å². The molecule has 7 nitrogen and oxygen atoms in total. The van der Waals surface area contributed by atoms with E-state index in [4.69, 9.17) is 5.73 Å². The molecule has 29 heavy (non-hydrogen) atoms. The van der Waals surface area contributed by atoms with Crippen molar-refractivity contribution in [3.63, 3.8) is 0 Å². The van der Waals surface area contributed by atoms with Gasteiger partial charge in [0.2, 0.25) is 17.7 Å². The molecule has 3 fully saturated rings. The maximum absolute atomic E-state index is 12.8. The van der Waals surface area contributed by atoms with Crippen LogP contribution in [-0.4, -0.2) is 78.2 Å². The van der Waals surface area contributed by atoms with Gasteiger partial charge in [-0.05, 0) is 44.6 Å². The third kappa shape index (κ3) is 6.69. The minimum Gasteiger partial charge on any atom is -0.369 e. The number of primary amides is 1. The number of piperidine rings is 1. The van der Waals surface area contributed by atoms with Crippen LogP contribution >= 0.6 is 0 Å². The number of hydrogen-bond acceptors (Lipinski definition) is 4. The lowest BCUT2D eigenvalue weighted by Gasteiger charge is -2.34. The number of nitrogens with zero attached hydrogens (tertiary/aromatic N) is 3. The lowest BCUT2D eigenvalue weighted by molar-refractivity contribution is -0.140. The van der Waals surface area contributed by atoms with Crippen molar-refractivity contribution in [3.05, 3.63) is 0 Å². The highest BCUT2D eigenvalue weighted by molar-refractivity contribution is 5.82. The van der Waals surface area contributed by atoms with E-state index >= 15 is 0 Å². The summed E-state index contributed by atoms with van der Waals surface area (Å²) < 4.78 is 0. The third-order valence-electron chi connectivity index (χ3n) is 6.93. The average Bonchev–Trinajstić information content (AvgIpc) is 3.27. The second-order valence-electron chi connectivity index (χ2n) is 9.16. The first-order valence-electron chi connectivity index (χ1n) is 11.6. The van der Waals surface area contributed by atoms with Crippen LogP contribution in [0.5, 0.6) is 0 Å². The zero-order chi connectivity index (χ0) is 20.6. The molecule has 3 rings (SSSR count). The van der Waals surface area contributed by atoms with Crippen LogP contribution < -0.4 is 5.73 Å². The van der Waals surface area contributed by atoms with Crippen molar-refractivity contribution in [2.75, 3.05) is 45.8 Å². The summed E-state index contributed by atoms with van der Waals surface area (Å²) in [6.45, 7) is 4.19. The molecule has 0 aromatic heterocycles. The maximum atomic E-state index is 12.8. The highest BCUT2D eigenvalue weighted by atomic mass is 16.2. The molecule has 0 atom stereocenters. The van der Waals surface area contributed by atoms with Crippen LogP contribution in [0.2, 0.25) is 0 Å². The van der Waals surface area contributed by atoms with Crippen molar-refractivity contribution < 1.29 is 14.4 Å². The molecular formula is C22H38N4O3. The Morgan fingerprint density at radius 2 is 1.45 bits per heavy atom. The first-order valence-corrected chi connectivity index (χ1v) is 11.6. The topological polar surface area (TPSA) is 87.0 Å². The van der Waals surface area contributed by atoms with Crippen molar-refractivity contribution in [2.24, 2.45) is 17.6 Å². The van der Waals surface area contributed by atoms with Gasteiger partial charge in [-0.25, -0.2) is 0 Å². The second kappa shape index (κ2) is 11.0. The monoisotopic (exact) mass is 406 g/mol. The Kier molecular flexibility index (Phi) is 8.33. The minimum atomic E-state index is -0.378. The van der Waals surface area contributed by atoms with E-state index in [1.165, 1.54) is 32.1 Å². The Balaban J connectivity index is 1.43. The Bertz CT molecular complexity index is 562. The van der Waals surface area contributed by atoms with Gasteiger partial charge in [-0.15, -0.1) is 0 Å². The number of likely N-dealkylation sites (tertiary alicyclic amines) is 2. The maximum Gasteiger partial charge on any atom is 0.236 e. The number of nitrogens with two attached hydrogens (primary N) is 1. The molecule has 0 radical (unpaired) electrons. The Morgan fingerprint density at radius 1 is 0.793 bits per heavy atom. The van der Waals surface area contributed by atoms with Gasteiger partial charge in [0, 0.05) is 32.1 Å². The van der Waals surface area contributed by atoms with Gasteiger partial charge in [0.25, 0.3) is 0 Å². The second-order valence-corrected chi connectivity index (χ2v) is 9.16. The molecule has 2 aliphatic heterocycles. The van der Waals surface area contributed by atoms with E-state index in [2.05, 4.69) is 0 Å². The largest absolute Gasteiger partial charge is 0.369 e. The molecule has 3 amide bonds. The van der Waals surface area contributed by atoms with E-state index in [0.717, 1.165) is 51.7 Å². The summed E-state index contributed by atoms with van der Waals surface area (Å²) in [7, 11) is 0. The zero-order valence-electron chi connectivity index (χ0n) is 17.8. The molecule has 0 bridgehead atoms. The highest BCUT2D eigenvalue weighted by Crippen LogP contribution is 2.26. The molecular weight excluding hydrogens is 368 g/mol. The Morgan fingerprint density at radius 3 is 2.07 bits per heavy atom. The number of carbonyl (C=O) groups is 3. The van der Waals surface area contributed by atoms with E-state index in [1.807, 2.05) is 14.7 Å². The van der Waals surface area contributed by atoms with Gasteiger partial charge in [-0.1, -0.05) is 32.1 Å². The van der Waals surface area contributed by atoms with E-state index < -0.39 is 0 Å². The van der Waals surface area contributed by atoms with Crippen molar-refractivity contribution in [1.82, 2.24) is 14.7 Å². The van der Waals surface area contributed by atoms with Gasteiger partial charge < -0.3 is 15.5 Å². The SMILES string of the molecule is NC(=O)CN(CCC1CCCCC1)CC(=O)N1CCC(C(=O)N2CCCC2)CC1. The minimum absolute atomic E-state index is 0.0574. The molecule has 0 unspecified atom stereocenters. The third-order valence-corrected chi connectivity index (χ3v) is 6.93. The quantitative estimate of drug-likeness (QED) is 0.663. The Hall–Kier alpha value is -1.63. The molecule has 2 saturated heterocycles. The summed E-state index contributed by atoms with van der Waals surface area (Å²) in [5.41, 5.74) is 5.42. The molecule has 0 aromatic carbocycles. The van der Waals surface area contributed by atoms with Crippen LogP contribution in [0.3, 0.4) is 0 Å². The normalized spacial score (nSPS) is 21.7. The molecule has 3 aliphatic rings. The summed E-state index contributed by atoms with van der Waals surface area (Å²) in [6, 6.07) is 0. The fourth-order valence-corrected chi connectivity index (χ4v) is 5.14. The van der Waals surface area contributed by atoms with Crippen LogP contribution in [0.4, 0.5) is 0 Å². The lowest BCUT2D eigenvalue weighted by atomic mass is 9.87. The summed E-state index contributed by atoms with van der Waals surface area (Å²) in [5.74, 6) is 0.725. The lowest BCUT2D eigenvalue weighted by Crippen LogP contribution is -2.48. The van der Waals surface area contributed by atoms with Crippen LogP contribution in [0, 0.1) is 11.8 Å². The zero-order valence-corrected chi connectivity index (χ0v) is 17.8. The fourth-order valence-electron chi connectivity index (χ4n) is 5.14. The smallest absolute Gasteiger partial charge is 0.236 e. The summed E-state index contributed by atoms with van der Waals surface area (Å²) >= 11 is 0. The average molecular weight is 407 g/mol. The van der Waals surface area contributed by atoms with E-state index in [0.29, 0.717) is 19.0 Å². The van der Waals surface area contributed by atoms with Crippen LogP contribution in [-0.2, 0) is 14.4 Å². The van der Waals surface area contributed by atoms with Crippen LogP contribution in [0.15, 0.2) is 0 Å². The molecule has 7 heteroatoms.